The van der Waals surface area contributed by atoms with Gasteiger partial charge in [-0.25, -0.2) is 0 Å². The van der Waals surface area contributed by atoms with Gasteiger partial charge in [0.1, 0.15) is 0 Å². The summed E-state index contributed by atoms with van der Waals surface area (Å²) in [5.74, 6) is -0.601. The molecule has 2 amide bonds. The number of hydrogen-bond donors (Lipinski definition) is 2. The molecule has 2 aromatic rings. The molecule has 1 unspecified atom stereocenters. The van der Waals surface area contributed by atoms with E-state index in [0.29, 0.717) is 11.4 Å². The van der Waals surface area contributed by atoms with Crippen molar-refractivity contribution in [1.82, 2.24) is 5.32 Å². The molecule has 0 aliphatic heterocycles. The highest BCUT2D eigenvalue weighted by Gasteiger charge is 2.20. The molecule has 0 fully saturated rings. The Hall–Kier alpha value is -3.42. The van der Waals surface area contributed by atoms with Gasteiger partial charge in [-0.2, -0.15) is 0 Å². The van der Waals surface area contributed by atoms with Crippen LogP contribution in [-0.2, 0) is 4.79 Å². The average Bonchev–Trinajstić information content (AvgIpc) is 2.60. The summed E-state index contributed by atoms with van der Waals surface area (Å²) in [5.41, 5.74) is 2.08. The van der Waals surface area contributed by atoms with E-state index in [-0.39, 0.29) is 23.2 Å². The fourth-order valence-electron chi connectivity index (χ4n) is 2.66. The molecular formula is C19H22N4O4. The number of nitro groups is 1. The minimum atomic E-state index is -0.531. The normalized spacial score (nSPS) is 11.4. The maximum absolute atomic E-state index is 12.8. The number of nitro benzene ring substituents is 1. The molecular weight excluding hydrogens is 348 g/mol. The van der Waals surface area contributed by atoms with E-state index in [2.05, 4.69) is 10.6 Å². The lowest BCUT2D eigenvalue weighted by Crippen LogP contribution is -2.28. The molecule has 0 saturated carbocycles. The summed E-state index contributed by atoms with van der Waals surface area (Å²) in [7, 11) is 3.52. The van der Waals surface area contributed by atoms with Crippen LogP contribution < -0.4 is 15.5 Å². The SMILES string of the molecule is CC(=O)Nc1cccc(C(C)NC(=O)c2cc([N+](=O)[O-])ccc2N(C)C)c1. The predicted octanol–water partition coefficient (Wildman–Crippen LogP) is 3.11. The van der Waals surface area contributed by atoms with E-state index in [1.165, 1.54) is 19.1 Å². The summed E-state index contributed by atoms with van der Waals surface area (Å²) in [6.45, 7) is 3.22. The van der Waals surface area contributed by atoms with E-state index in [4.69, 9.17) is 0 Å². The lowest BCUT2D eigenvalue weighted by Gasteiger charge is -2.20. The van der Waals surface area contributed by atoms with Crippen LogP contribution in [0.3, 0.4) is 0 Å². The molecule has 8 nitrogen and oxygen atoms in total. The summed E-state index contributed by atoms with van der Waals surface area (Å²) < 4.78 is 0. The number of anilines is 2. The first-order valence-electron chi connectivity index (χ1n) is 8.33. The second-order valence-corrected chi connectivity index (χ2v) is 6.35. The van der Waals surface area contributed by atoms with Crippen LogP contribution in [0.1, 0.15) is 35.8 Å². The highest BCUT2D eigenvalue weighted by molar-refractivity contribution is 6.00. The van der Waals surface area contributed by atoms with Gasteiger partial charge in [0.2, 0.25) is 5.91 Å². The Balaban J connectivity index is 2.27. The summed E-state index contributed by atoms with van der Waals surface area (Å²) in [6, 6.07) is 11.0. The summed E-state index contributed by atoms with van der Waals surface area (Å²) >= 11 is 0. The Bertz CT molecular complexity index is 880. The molecule has 142 valence electrons. The number of carbonyl (C=O) groups is 2. The molecule has 0 spiro atoms. The number of amides is 2. The molecule has 0 bridgehead atoms. The van der Waals surface area contributed by atoms with Gasteiger partial charge in [-0.05, 0) is 30.7 Å². The molecule has 0 saturated heterocycles. The van der Waals surface area contributed by atoms with E-state index in [0.717, 1.165) is 5.56 Å². The first kappa shape index (κ1) is 19.9. The van der Waals surface area contributed by atoms with Crippen molar-refractivity contribution in [3.05, 3.63) is 63.7 Å². The van der Waals surface area contributed by atoms with E-state index in [1.807, 2.05) is 6.07 Å². The molecule has 0 aliphatic carbocycles. The quantitative estimate of drug-likeness (QED) is 0.600. The van der Waals surface area contributed by atoms with Gasteiger partial charge >= 0.3 is 0 Å². The van der Waals surface area contributed by atoms with Crippen LogP contribution in [0.5, 0.6) is 0 Å². The second-order valence-electron chi connectivity index (χ2n) is 6.35. The highest BCUT2D eigenvalue weighted by atomic mass is 16.6. The largest absolute Gasteiger partial charge is 0.377 e. The van der Waals surface area contributed by atoms with Gasteiger partial charge in [0.25, 0.3) is 11.6 Å². The third-order valence-electron chi connectivity index (χ3n) is 3.97. The fraction of sp³-hybridized carbons (Fsp3) is 0.263. The number of carbonyl (C=O) groups excluding carboxylic acids is 2. The first-order valence-corrected chi connectivity index (χ1v) is 8.33. The Kier molecular flexibility index (Phi) is 6.12. The highest BCUT2D eigenvalue weighted by Crippen LogP contribution is 2.25. The van der Waals surface area contributed by atoms with Crippen molar-refractivity contribution < 1.29 is 14.5 Å². The minimum Gasteiger partial charge on any atom is -0.377 e. The molecule has 2 N–H and O–H groups in total. The minimum absolute atomic E-state index is 0.147. The van der Waals surface area contributed by atoms with Gasteiger partial charge in [0, 0.05) is 44.5 Å². The molecule has 0 aliphatic rings. The van der Waals surface area contributed by atoms with Crippen molar-refractivity contribution in [2.45, 2.75) is 19.9 Å². The van der Waals surface area contributed by atoms with Crippen molar-refractivity contribution in [3.63, 3.8) is 0 Å². The van der Waals surface area contributed by atoms with E-state index in [9.17, 15) is 19.7 Å². The van der Waals surface area contributed by atoms with Gasteiger partial charge in [-0.1, -0.05) is 12.1 Å². The third kappa shape index (κ3) is 5.04. The molecule has 2 aromatic carbocycles. The third-order valence-corrected chi connectivity index (χ3v) is 3.97. The number of hydrogen-bond acceptors (Lipinski definition) is 5. The van der Waals surface area contributed by atoms with Crippen LogP contribution in [0.2, 0.25) is 0 Å². The standard InChI is InChI=1S/C19H22N4O4/c1-12(14-6-5-7-15(10-14)21-13(2)24)20-19(25)17-11-16(23(26)27)8-9-18(17)22(3)4/h5-12H,1-4H3,(H,20,25)(H,21,24). The number of nitrogens with one attached hydrogen (secondary N) is 2. The van der Waals surface area contributed by atoms with Crippen LogP contribution in [-0.4, -0.2) is 30.8 Å². The first-order chi connectivity index (χ1) is 12.7. The smallest absolute Gasteiger partial charge is 0.270 e. The van der Waals surface area contributed by atoms with Crippen molar-refractivity contribution in [2.75, 3.05) is 24.3 Å². The van der Waals surface area contributed by atoms with Crippen molar-refractivity contribution in [1.29, 1.82) is 0 Å². The lowest BCUT2D eigenvalue weighted by atomic mass is 10.1. The Morgan fingerprint density at radius 3 is 2.44 bits per heavy atom. The van der Waals surface area contributed by atoms with E-state index >= 15 is 0 Å². The average molecular weight is 370 g/mol. The van der Waals surface area contributed by atoms with Crippen LogP contribution in [0.15, 0.2) is 42.5 Å². The zero-order chi connectivity index (χ0) is 20.1. The van der Waals surface area contributed by atoms with Crippen molar-refractivity contribution >= 4 is 28.9 Å². The molecule has 2 rings (SSSR count). The zero-order valence-electron chi connectivity index (χ0n) is 15.6. The lowest BCUT2D eigenvalue weighted by molar-refractivity contribution is -0.384. The monoisotopic (exact) mass is 370 g/mol. The molecule has 8 heteroatoms. The van der Waals surface area contributed by atoms with Gasteiger partial charge in [-0.15, -0.1) is 0 Å². The number of rotatable bonds is 6. The Labute approximate surface area is 157 Å². The Morgan fingerprint density at radius 1 is 1.15 bits per heavy atom. The van der Waals surface area contributed by atoms with Crippen molar-refractivity contribution in [3.8, 4) is 0 Å². The van der Waals surface area contributed by atoms with Gasteiger partial charge < -0.3 is 15.5 Å². The molecule has 1 atom stereocenters. The van der Waals surface area contributed by atoms with Crippen LogP contribution in [0.25, 0.3) is 0 Å². The van der Waals surface area contributed by atoms with Crippen molar-refractivity contribution in [2.24, 2.45) is 0 Å². The summed E-state index contributed by atoms with van der Waals surface area (Å²) in [4.78, 5) is 36.2. The maximum Gasteiger partial charge on any atom is 0.270 e. The van der Waals surface area contributed by atoms with Gasteiger partial charge in [0.05, 0.1) is 16.5 Å². The Morgan fingerprint density at radius 2 is 1.85 bits per heavy atom. The molecule has 27 heavy (non-hydrogen) atoms. The zero-order valence-corrected chi connectivity index (χ0v) is 15.6. The number of nitrogens with zero attached hydrogens (tertiary/aromatic N) is 2. The molecule has 0 radical (unpaired) electrons. The van der Waals surface area contributed by atoms with Crippen LogP contribution >= 0.6 is 0 Å². The predicted molar refractivity (Wildman–Crippen MR) is 104 cm³/mol. The maximum atomic E-state index is 12.8. The van der Waals surface area contributed by atoms with E-state index < -0.39 is 10.8 Å². The summed E-state index contributed by atoms with van der Waals surface area (Å²) in [6.07, 6.45) is 0. The fourth-order valence-corrected chi connectivity index (χ4v) is 2.66. The van der Waals surface area contributed by atoms with Crippen LogP contribution in [0, 0.1) is 10.1 Å². The van der Waals surface area contributed by atoms with Crippen LogP contribution in [0.4, 0.5) is 17.1 Å². The molecule has 0 heterocycles. The molecule has 0 aromatic heterocycles. The number of benzene rings is 2. The second kappa shape index (κ2) is 8.31. The van der Waals surface area contributed by atoms with Gasteiger partial charge in [-0.3, -0.25) is 19.7 Å². The number of non-ortho nitro benzene ring substituents is 1. The topological polar surface area (TPSA) is 105 Å². The summed E-state index contributed by atoms with van der Waals surface area (Å²) in [5, 5.41) is 16.6. The van der Waals surface area contributed by atoms with Gasteiger partial charge in [0.15, 0.2) is 0 Å². The van der Waals surface area contributed by atoms with E-state index in [1.54, 1.807) is 50.2 Å².